The Bertz CT molecular complexity index is 304. The summed E-state index contributed by atoms with van der Waals surface area (Å²) in [5, 5.41) is 0. The van der Waals surface area contributed by atoms with E-state index in [0.29, 0.717) is 19.3 Å². The third-order valence-electron chi connectivity index (χ3n) is 2.87. The molecule has 3 heteroatoms. The van der Waals surface area contributed by atoms with Crippen molar-refractivity contribution in [1.29, 1.82) is 0 Å². The monoisotopic (exact) mass is 179 g/mol. The zero-order valence-corrected chi connectivity index (χ0v) is 7.80. The van der Waals surface area contributed by atoms with Gasteiger partial charge < -0.3 is 4.90 Å². The summed E-state index contributed by atoms with van der Waals surface area (Å²) in [6.07, 6.45) is 3.62. The van der Waals surface area contributed by atoms with Crippen LogP contribution in [-0.2, 0) is 9.59 Å². The SMILES string of the molecule is CN1C(=O)CCC2=C1CCCC2=O. The largest absolute Gasteiger partial charge is 0.319 e. The zero-order chi connectivity index (χ0) is 9.42. The molecule has 3 nitrogen and oxygen atoms in total. The maximum Gasteiger partial charge on any atom is 0.226 e. The molecule has 0 fully saturated rings. The highest BCUT2D eigenvalue weighted by atomic mass is 16.2. The van der Waals surface area contributed by atoms with Gasteiger partial charge in [0.2, 0.25) is 5.91 Å². The van der Waals surface area contributed by atoms with Gasteiger partial charge in [-0.3, -0.25) is 9.59 Å². The van der Waals surface area contributed by atoms with Gasteiger partial charge in [-0.15, -0.1) is 0 Å². The quantitative estimate of drug-likeness (QED) is 0.561. The number of carbonyl (C=O) groups excluding carboxylic acids is 2. The van der Waals surface area contributed by atoms with Crippen LogP contribution in [0.2, 0.25) is 0 Å². The van der Waals surface area contributed by atoms with Crippen LogP contribution < -0.4 is 0 Å². The lowest BCUT2D eigenvalue weighted by molar-refractivity contribution is -0.129. The van der Waals surface area contributed by atoms with E-state index >= 15 is 0 Å². The Labute approximate surface area is 77.4 Å². The highest BCUT2D eigenvalue weighted by Crippen LogP contribution is 2.31. The van der Waals surface area contributed by atoms with E-state index in [9.17, 15) is 9.59 Å². The standard InChI is InChI=1S/C10H13NO2/c1-11-8-3-2-4-9(12)7(8)5-6-10(11)13/h2-6H2,1H3. The van der Waals surface area contributed by atoms with Crippen LogP contribution in [0, 0.1) is 0 Å². The van der Waals surface area contributed by atoms with Crippen LogP contribution in [0.1, 0.15) is 32.1 Å². The number of amides is 1. The van der Waals surface area contributed by atoms with Crippen molar-refractivity contribution in [2.45, 2.75) is 32.1 Å². The highest BCUT2D eigenvalue weighted by Gasteiger charge is 2.29. The molecule has 2 aliphatic rings. The molecule has 0 N–H and O–H groups in total. The number of hydrogen-bond donors (Lipinski definition) is 0. The zero-order valence-electron chi connectivity index (χ0n) is 7.80. The van der Waals surface area contributed by atoms with Crippen molar-refractivity contribution in [2.75, 3.05) is 7.05 Å². The van der Waals surface area contributed by atoms with Gasteiger partial charge in [0, 0.05) is 31.2 Å². The van der Waals surface area contributed by atoms with Crippen LogP contribution in [0.15, 0.2) is 11.3 Å². The Hall–Kier alpha value is -1.12. The van der Waals surface area contributed by atoms with E-state index in [4.69, 9.17) is 0 Å². The molecule has 1 heterocycles. The number of carbonyl (C=O) groups is 2. The number of Topliss-reactive ketones (excluding diaryl/α,β-unsaturated/α-hetero) is 1. The van der Waals surface area contributed by atoms with Gasteiger partial charge >= 0.3 is 0 Å². The van der Waals surface area contributed by atoms with Gasteiger partial charge in [-0.2, -0.15) is 0 Å². The van der Waals surface area contributed by atoms with E-state index in [-0.39, 0.29) is 11.7 Å². The van der Waals surface area contributed by atoms with Gasteiger partial charge in [0.15, 0.2) is 5.78 Å². The summed E-state index contributed by atoms with van der Waals surface area (Å²) < 4.78 is 0. The van der Waals surface area contributed by atoms with Crippen molar-refractivity contribution in [3.63, 3.8) is 0 Å². The van der Waals surface area contributed by atoms with Crippen LogP contribution in [0.5, 0.6) is 0 Å². The van der Waals surface area contributed by atoms with Crippen molar-refractivity contribution < 1.29 is 9.59 Å². The van der Waals surface area contributed by atoms with Gasteiger partial charge in [0.05, 0.1) is 0 Å². The van der Waals surface area contributed by atoms with Crippen molar-refractivity contribution in [2.24, 2.45) is 0 Å². The number of ketones is 1. The van der Waals surface area contributed by atoms with Crippen LogP contribution in [0.3, 0.4) is 0 Å². The summed E-state index contributed by atoms with van der Waals surface area (Å²) in [5.41, 5.74) is 1.89. The van der Waals surface area contributed by atoms with Crippen molar-refractivity contribution >= 4 is 11.7 Å². The Morgan fingerprint density at radius 2 is 1.85 bits per heavy atom. The second kappa shape index (κ2) is 2.98. The third-order valence-corrected chi connectivity index (χ3v) is 2.87. The van der Waals surface area contributed by atoms with E-state index in [1.54, 1.807) is 11.9 Å². The normalized spacial score (nSPS) is 23.6. The highest BCUT2D eigenvalue weighted by molar-refractivity contribution is 5.99. The second-order valence-electron chi connectivity index (χ2n) is 3.65. The van der Waals surface area contributed by atoms with Crippen LogP contribution in [0.25, 0.3) is 0 Å². The minimum absolute atomic E-state index is 0.147. The molecule has 1 aliphatic heterocycles. The van der Waals surface area contributed by atoms with E-state index in [0.717, 1.165) is 24.1 Å². The molecular formula is C10H13NO2. The van der Waals surface area contributed by atoms with E-state index in [1.807, 2.05) is 0 Å². The van der Waals surface area contributed by atoms with E-state index in [2.05, 4.69) is 0 Å². The van der Waals surface area contributed by atoms with Gasteiger partial charge in [-0.1, -0.05) is 0 Å². The fourth-order valence-electron chi connectivity index (χ4n) is 2.08. The van der Waals surface area contributed by atoms with Crippen LogP contribution >= 0.6 is 0 Å². The summed E-state index contributed by atoms with van der Waals surface area (Å²) in [6, 6.07) is 0. The molecule has 0 aromatic rings. The summed E-state index contributed by atoms with van der Waals surface area (Å²) in [5.74, 6) is 0.397. The molecular weight excluding hydrogens is 166 g/mol. The Balaban J connectivity index is 2.38. The first kappa shape index (κ1) is 8.48. The van der Waals surface area contributed by atoms with Gasteiger partial charge in [0.1, 0.15) is 0 Å². The molecule has 70 valence electrons. The van der Waals surface area contributed by atoms with Gasteiger partial charge in [-0.25, -0.2) is 0 Å². The predicted octanol–water partition coefficient (Wildman–Crippen LogP) is 1.25. The summed E-state index contributed by atoms with van der Waals surface area (Å²) in [7, 11) is 1.77. The van der Waals surface area contributed by atoms with Gasteiger partial charge in [0.25, 0.3) is 0 Å². The first-order chi connectivity index (χ1) is 6.20. The molecule has 0 saturated carbocycles. The Morgan fingerprint density at radius 3 is 2.62 bits per heavy atom. The predicted molar refractivity (Wildman–Crippen MR) is 47.9 cm³/mol. The molecule has 0 aromatic carbocycles. The molecule has 1 amide bonds. The molecule has 0 radical (unpaired) electrons. The topological polar surface area (TPSA) is 37.4 Å². The maximum absolute atomic E-state index is 11.5. The average molecular weight is 179 g/mol. The molecule has 0 aromatic heterocycles. The third kappa shape index (κ3) is 1.28. The first-order valence-corrected chi connectivity index (χ1v) is 4.72. The molecule has 0 spiro atoms. The number of nitrogens with zero attached hydrogens (tertiary/aromatic N) is 1. The minimum atomic E-state index is 0.147. The Kier molecular flexibility index (Phi) is 1.94. The lowest BCUT2D eigenvalue weighted by atomic mass is 9.88. The molecule has 2 rings (SSSR count). The lowest BCUT2D eigenvalue weighted by Gasteiger charge is -2.31. The molecule has 13 heavy (non-hydrogen) atoms. The maximum atomic E-state index is 11.5. The molecule has 1 aliphatic carbocycles. The number of hydrogen-bond acceptors (Lipinski definition) is 2. The van der Waals surface area contributed by atoms with Crippen molar-refractivity contribution in [3.05, 3.63) is 11.3 Å². The van der Waals surface area contributed by atoms with E-state index in [1.165, 1.54) is 0 Å². The van der Waals surface area contributed by atoms with Crippen LogP contribution in [-0.4, -0.2) is 23.6 Å². The number of rotatable bonds is 0. The summed E-state index contributed by atoms with van der Waals surface area (Å²) in [6.45, 7) is 0. The molecule has 0 saturated heterocycles. The fraction of sp³-hybridized carbons (Fsp3) is 0.600. The first-order valence-electron chi connectivity index (χ1n) is 4.72. The van der Waals surface area contributed by atoms with Crippen molar-refractivity contribution in [1.82, 2.24) is 4.90 Å². The van der Waals surface area contributed by atoms with Crippen LogP contribution in [0.4, 0.5) is 0 Å². The van der Waals surface area contributed by atoms with Crippen molar-refractivity contribution in [3.8, 4) is 0 Å². The number of allylic oxidation sites excluding steroid dienone is 2. The molecule has 0 atom stereocenters. The minimum Gasteiger partial charge on any atom is -0.319 e. The lowest BCUT2D eigenvalue weighted by Crippen LogP contribution is -2.34. The van der Waals surface area contributed by atoms with Gasteiger partial charge in [-0.05, 0) is 19.3 Å². The molecule has 0 bridgehead atoms. The molecule has 0 unspecified atom stereocenters. The average Bonchev–Trinajstić information content (AvgIpc) is 2.12. The van der Waals surface area contributed by atoms with E-state index < -0.39 is 0 Å². The smallest absolute Gasteiger partial charge is 0.226 e. The second-order valence-corrected chi connectivity index (χ2v) is 3.65. The summed E-state index contributed by atoms with van der Waals surface area (Å²) in [4.78, 5) is 24.5. The fourth-order valence-corrected chi connectivity index (χ4v) is 2.08. The Morgan fingerprint density at radius 1 is 1.08 bits per heavy atom. The summed E-state index contributed by atoms with van der Waals surface area (Å²) >= 11 is 0.